The van der Waals surface area contributed by atoms with Crippen molar-refractivity contribution in [2.75, 3.05) is 18.8 Å². The number of rotatable bonds is 4. The first kappa shape index (κ1) is 13.1. The Hall–Kier alpha value is -2.37. The van der Waals surface area contributed by atoms with E-state index < -0.39 is 0 Å². The van der Waals surface area contributed by atoms with E-state index in [0.29, 0.717) is 24.5 Å². The molecule has 0 fully saturated rings. The van der Waals surface area contributed by atoms with Crippen molar-refractivity contribution in [1.82, 2.24) is 19.7 Å². The molecule has 0 unspecified atom stereocenters. The van der Waals surface area contributed by atoms with Crippen molar-refractivity contribution in [3.63, 3.8) is 0 Å². The highest BCUT2D eigenvalue weighted by Gasteiger charge is 2.19. The fourth-order valence-corrected chi connectivity index (χ4v) is 1.89. The number of nitrogens with zero attached hydrogens (tertiary/aromatic N) is 4. The van der Waals surface area contributed by atoms with Gasteiger partial charge < -0.3 is 10.6 Å². The molecule has 100 valence electrons. The van der Waals surface area contributed by atoms with E-state index in [1.165, 1.54) is 6.20 Å². The van der Waals surface area contributed by atoms with Gasteiger partial charge in [-0.1, -0.05) is 0 Å². The zero-order valence-electron chi connectivity index (χ0n) is 11.1. The van der Waals surface area contributed by atoms with Crippen LogP contribution in [0.25, 0.3) is 5.69 Å². The summed E-state index contributed by atoms with van der Waals surface area (Å²) in [5, 5.41) is 4.17. The molecule has 2 rings (SSSR count). The van der Waals surface area contributed by atoms with Gasteiger partial charge in [0.05, 0.1) is 11.9 Å². The quantitative estimate of drug-likeness (QED) is 0.898. The molecule has 19 heavy (non-hydrogen) atoms. The number of aromatic nitrogens is 3. The molecule has 0 aliphatic carbocycles. The zero-order valence-corrected chi connectivity index (χ0v) is 11.1. The van der Waals surface area contributed by atoms with Gasteiger partial charge in [0.2, 0.25) is 0 Å². The normalized spacial score (nSPS) is 10.4. The maximum absolute atomic E-state index is 12.3. The van der Waals surface area contributed by atoms with E-state index in [1.54, 1.807) is 34.1 Å². The van der Waals surface area contributed by atoms with Gasteiger partial charge in [-0.05, 0) is 26.0 Å². The minimum absolute atomic E-state index is 0.0946. The summed E-state index contributed by atoms with van der Waals surface area (Å²) in [7, 11) is 0. The maximum atomic E-state index is 12.3. The molecule has 0 radical (unpaired) electrons. The lowest BCUT2D eigenvalue weighted by molar-refractivity contribution is 0.0774. The predicted octanol–water partition coefficient (Wildman–Crippen LogP) is 1.33. The van der Waals surface area contributed by atoms with Gasteiger partial charge in [0.25, 0.3) is 5.91 Å². The van der Waals surface area contributed by atoms with Crippen molar-refractivity contribution >= 4 is 11.7 Å². The zero-order chi connectivity index (χ0) is 13.8. The molecule has 6 heteroatoms. The van der Waals surface area contributed by atoms with Crippen molar-refractivity contribution < 1.29 is 4.79 Å². The Kier molecular flexibility index (Phi) is 3.79. The van der Waals surface area contributed by atoms with Gasteiger partial charge in [-0.2, -0.15) is 5.10 Å². The highest BCUT2D eigenvalue weighted by Crippen LogP contribution is 2.18. The smallest absolute Gasteiger partial charge is 0.259 e. The number of nitrogen functional groups attached to an aromatic ring is 1. The molecule has 6 nitrogen and oxygen atoms in total. The van der Waals surface area contributed by atoms with E-state index in [4.69, 9.17) is 5.73 Å². The molecular weight excluding hydrogens is 242 g/mol. The molecule has 2 N–H and O–H groups in total. The minimum atomic E-state index is -0.0946. The highest BCUT2D eigenvalue weighted by molar-refractivity contribution is 5.98. The highest BCUT2D eigenvalue weighted by atomic mass is 16.2. The molecule has 2 heterocycles. The van der Waals surface area contributed by atoms with Crippen LogP contribution in [0, 0.1) is 0 Å². The summed E-state index contributed by atoms with van der Waals surface area (Å²) in [6.07, 6.45) is 4.82. The average molecular weight is 259 g/mol. The molecular formula is C13H17N5O. The first-order valence-electron chi connectivity index (χ1n) is 6.22. The van der Waals surface area contributed by atoms with Crippen molar-refractivity contribution in [2.45, 2.75) is 13.8 Å². The van der Waals surface area contributed by atoms with Gasteiger partial charge in [-0.3, -0.25) is 9.78 Å². The Morgan fingerprint density at radius 3 is 2.53 bits per heavy atom. The second-order valence-electron chi connectivity index (χ2n) is 4.04. The van der Waals surface area contributed by atoms with Crippen molar-refractivity contribution in [2.24, 2.45) is 0 Å². The molecule has 2 aromatic rings. The average Bonchev–Trinajstić information content (AvgIpc) is 2.83. The minimum Gasteiger partial charge on any atom is -0.383 e. The first-order valence-corrected chi connectivity index (χ1v) is 6.22. The van der Waals surface area contributed by atoms with Gasteiger partial charge in [-0.15, -0.1) is 0 Å². The second kappa shape index (κ2) is 5.51. The van der Waals surface area contributed by atoms with Crippen LogP contribution in [-0.2, 0) is 0 Å². The van der Waals surface area contributed by atoms with Gasteiger partial charge in [0.15, 0.2) is 0 Å². The number of anilines is 1. The molecule has 0 atom stereocenters. The van der Waals surface area contributed by atoms with Crippen LogP contribution in [0.2, 0.25) is 0 Å². The molecule has 0 spiro atoms. The van der Waals surface area contributed by atoms with E-state index in [0.717, 1.165) is 5.69 Å². The molecule has 0 saturated carbocycles. The number of nitrogens with two attached hydrogens (primary N) is 1. The largest absolute Gasteiger partial charge is 0.383 e. The molecule has 0 aliphatic rings. The lowest BCUT2D eigenvalue weighted by Gasteiger charge is -2.17. The molecule has 1 amide bonds. The summed E-state index contributed by atoms with van der Waals surface area (Å²) in [6.45, 7) is 5.17. The van der Waals surface area contributed by atoms with Crippen LogP contribution in [0.5, 0.6) is 0 Å². The monoisotopic (exact) mass is 259 g/mol. The first-order chi connectivity index (χ1) is 9.19. The second-order valence-corrected chi connectivity index (χ2v) is 4.04. The van der Waals surface area contributed by atoms with E-state index in [2.05, 4.69) is 10.1 Å². The van der Waals surface area contributed by atoms with Crippen LogP contribution in [0.15, 0.2) is 30.7 Å². The molecule has 0 bridgehead atoms. The number of pyridine rings is 1. The Labute approximate surface area is 111 Å². The number of amides is 1. The summed E-state index contributed by atoms with van der Waals surface area (Å²) in [6, 6.07) is 3.57. The summed E-state index contributed by atoms with van der Waals surface area (Å²) >= 11 is 0. The molecule has 0 saturated heterocycles. The number of hydrogen-bond acceptors (Lipinski definition) is 4. The lowest BCUT2D eigenvalue weighted by Crippen LogP contribution is -2.30. The van der Waals surface area contributed by atoms with Gasteiger partial charge >= 0.3 is 0 Å². The number of hydrogen-bond donors (Lipinski definition) is 1. The molecule has 0 aromatic carbocycles. The standard InChI is InChI=1S/C13H17N5O/c1-3-17(4-2)13(19)11-9-16-18(12(11)14)10-5-7-15-8-6-10/h5-9H,3-4,14H2,1-2H3. The van der Waals surface area contributed by atoms with Gasteiger partial charge in [0.1, 0.15) is 11.4 Å². The Morgan fingerprint density at radius 2 is 1.95 bits per heavy atom. The Bertz CT molecular complexity index is 560. The summed E-state index contributed by atoms with van der Waals surface area (Å²) in [5.41, 5.74) is 7.23. The van der Waals surface area contributed by atoms with Crippen molar-refractivity contribution in [3.8, 4) is 5.69 Å². The number of carbonyl (C=O) groups is 1. The fraction of sp³-hybridized carbons (Fsp3) is 0.308. The third-order valence-corrected chi connectivity index (χ3v) is 2.99. The summed E-state index contributed by atoms with van der Waals surface area (Å²) in [5.74, 6) is 0.255. The van der Waals surface area contributed by atoms with Crippen LogP contribution in [-0.4, -0.2) is 38.7 Å². The lowest BCUT2D eigenvalue weighted by atomic mass is 10.2. The fourth-order valence-electron chi connectivity index (χ4n) is 1.89. The van der Waals surface area contributed by atoms with E-state index in [1.807, 2.05) is 13.8 Å². The molecule has 2 aromatic heterocycles. The van der Waals surface area contributed by atoms with E-state index >= 15 is 0 Å². The van der Waals surface area contributed by atoms with Gasteiger partial charge in [-0.25, -0.2) is 4.68 Å². The Morgan fingerprint density at radius 1 is 1.32 bits per heavy atom. The Balaban J connectivity index is 2.36. The topological polar surface area (TPSA) is 77.0 Å². The third-order valence-electron chi connectivity index (χ3n) is 2.99. The van der Waals surface area contributed by atoms with E-state index in [-0.39, 0.29) is 5.91 Å². The van der Waals surface area contributed by atoms with Crippen LogP contribution in [0.4, 0.5) is 5.82 Å². The SMILES string of the molecule is CCN(CC)C(=O)c1cnn(-c2ccncc2)c1N. The van der Waals surface area contributed by atoms with Crippen molar-refractivity contribution in [1.29, 1.82) is 0 Å². The number of carbonyl (C=O) groups excluding carboxylic acids is 1. The van der Waals surface area contributed by atoms with Crippen LogP contribution >= 0.6 is 0 Å². The van der Waals surface area contributed by atoms with Crippen molar-refractivity contribution in [3.05, 3.63) is 36.3 Å². The maximum Gasteiger partial charge on any atom is 0.259 e. The predicted molar refractivity (Wildman–Crippen MR) is 73.0 cm³/mol. The van der Waals surface area contributed by atoms with E-state index in [9.17, 15) is 4.79 Å². The molecule has 0 aliphatic heterocycles. The third kappa shape index (κ3) is 2.42. The summed E-state index contributed by atoms with van der Waals surface area (Å²) in [4.78, 5) is 17.9. The summed E-state index contributed by atoms with van der Waals surface area (Å²) < 4.78 is 1.54. The van der Waals surface area contributed by atoms with Crippen LogP contribution in [0.1, 0.15) is 24.2 Å². The van der Waals surface area contributed by atoms with Crippen LogP contribution < -0.4 is 5.73 Å². The van der Waals surface area contributed by atoms with Crippen LogP contribution in [0.3, 0.4) is 0 Å². The van der Waals surface area contributed by atoms with Gasteiger partial charge in [0, 0.05) is 25.5 Å².